The van der Waals surface area contributed by atoms with E-state index in [1.807, 2.05) is 0 Å². The Bertz CT molecular complexity index is 645. The van der Waals surface area contributed by atoms with Crippen molar-refractivity contribution in [3.63, 3.8) is 0 Å². The van der Waals surface area contributed by atoms with Crippen LogP contribution in [0.5, 0.6) is 5.75 Å². The molecule has 0 atom stereocenters. The molecule has 0 bridgehead atoms. The Balaban J connectivity index is 2.07. The second-order valence-corrected chi connectivity index (χ2v) is 4.59. The zero-order chi connectivity index (χ0) is 15.6. The van der Waals surface area contributed by atoms with Gasteiger partial charge in [0.15, 0.2) is 5.78 Å². The summed E-state index contributed by atoms with van der Waals surface area (Å²) in [6.07, 6.45) is -4.63. The summed E-state index contributed by atoms with van der Waals surface area (Å²) in [4.78, 5) is 12.1. The predicted molar refractivity (Wildman–Crippen MR) is 69.1 cm³/mol. The molecule has 1 aromatic carbocycles. The average Bonchev–Trinajstić information content (AvgIpc) is 2.69. The quantitative estimate of drug-likeness (QED) is 0.815. The summed E-state index contributed by atoms with van der Waals surface area (Å²) < 4.78 is 41.4. The first kappa shape index (κ1) is 15.1. The number of alkyl halides is 3. The maximum Gasteiger partial charge on any atom is 0.573 e. The van der Waals surface area contributed by atoms with Crippen LogP contribution in [0.3, 0.4) is 0 Å². The summed E-state index contributed by atoms with van der Waals surface area (Å²) in [6.45, 7) is 1.78. The van der Waals surface area contributed by atoms with Crippen LogP contribution in [-0.2, 0) is 13.5 Å². The molecule has 0 fully saturated rings. The third-order valence-electron chi connectivity index (χ3n) is 2.81. The van der Waals surface area contributed by atoms with E-state index in [4.69, 9.17) is 0 Å². The molecule has 0 amide bonds. The molecule has 0 spiro atoms. The highest BCUT2D eigenvalue weighted by Crippen LogP contribution is 2.23. The van der Waals surface area contributed by atoms with Crippen LogP contribution in [0, 0.1) is 6.92 Å². The number of carbonyl (C=O) groups is 1. The minimum atomic E-state index is -4.72. The number of hydrogen-bond donors (Lipinski definition) is 0. The maximum atomic E-state index is 12.1. The van der Waals surface area contributed by atoms with E-state index in [1.165, 1.54) is 28.9 Å². The number of carbonyl (C=O) groups excluding carboxylic acids is 1. The predicted octanol–water partition coefficient (Wildman–Crippen LogP) is 3.05. The molecule has 1 aromatic heterocycles. The molecule has 0 radical (unpaired) electrons. The number of halogens is 3. The number of Topliss-reactive ketones (excluding diaryl/α,β-unsaturated/α-hetero) is 1. The van der Waals surface area contributed by atoms with Gasteiger partial charge < -0.3 is 4.74 Å². The van der Waals surface area contributed by atoms with E-state index in [0.29, 0.717) is 11.3 Å². The molecule has 0 aliphatic rings. The first-order valence-corrected chi connectivity index (χ1v) is 6.13. The van der Waals surface area contributed by atoms with Crippen molar-refractivity contribution < 1.29 is 22.7 Å². The number of aryl methyl sites for hydroxylation is 2. The summed E-state index contributed by atoms with van der Waals surface area (Å²) in [5.41, 5.74) is 1.80. The van der Waals surface area contributed by atoms with E-state index in [2.05, 4.69) is 9.84 Å². The number of rotatable bonds is 4. The van der Waals surface area contributed by atoms with Crippen molar-refractivity contribution in [1.82, 2.24) is 9.78 Å². The number of ether oxygens (including phenoxy) is 1. The van der Waals surface area contributed by atoms with E-state index in [0.717, 1.165) is 5.69 Å². The molecule has 2 aromatic rings. The molecular formula is C14H13F3N2O2. The molecule has 0 aliphatic heterocycles. The lowest BCUT2D eigenvalue weighted by molar-refractivity contribution is -0.274. The molecule has 0 saturated heterocycles. The van der Waals surface area contributed by atoms with Gasteiger partial charge in [-0.3, -0.25) is 9.48 Å². The fourth-order valence-corrected chi connectivity index (χ4v) is 1.96. The minimum Gasteiger partial charge on any atom is -0.406 e. The van der Waals surface area contributed by atoms with E-state index >= 15 is 0 Å². The fourth-order valence-electron chi connectivity index (χ4n) is 1.96. The van der Waals surface area contributed by atoms with Crippen LogP contribution in [0.4, 0.5) is 13.2 Å². The minimum absolute atomic E-state index is 0.0886. The standard InChI is InChI=1S/C14H13F3N2O2/c1-9-7-12(19(2)18-9)13(20)8-10-3-5-11(6-4-10)21-14(15,16)17/h3-7H,8H2,1-2H3. The smallest absolute Gasteiger partial charge is 0.406 e. The fraction of sp³-hybridized carbons (Fsp3) is 0.286. The molecule has 112 valence electrons. The van der Waals surface area contributed by atoms with Gasteiger partial charge in [0.25, 0.3) is 0 Å². The summed E-state index contributed by atoms with van der Waals surface area (Å²) in [5.74, 6) is -0.460. The zero-order valence-corrected chi connectivity index (χ0v) is 11.4. The Hall–Kier alpha value is -2.31. The van der Waals surface area contributed by atoms with Crippen molar-refractivity contribution in [2.75, 3.05) is 0 Å². The second kappa shape index (κ2) is 5.59. The summed E-state index contributed by atoms with van der Waals surface area (Å²) >= 11 is 0. The summed E-state index contributed by atoms with van der Waals surface area (Å²) in [5, 5.41) is 4.08. The number of aromatic nitrogens is 2. The van der Waals surface area contributed by atoms with Crippen LogP contribution < -0.4 is 4.74 Å². The number of ketones is 1. The molecule has 1 heterocycles. The van der Waals surface area contributed by atoms with Gasteiger partial charge in [0.05, 0.1) is 5.69 Å². The Morgan fingerprint density at radius 1 is 1.29 bits per heavy atom. The van der Waals surface area contributed by atoms with Crippen molar-refractivity contribution in [1.29, 1.82) is 0 Å². The first-order valence-electron chi connectivity index (χ1n) is 6.13. The average molecular weight is 298 g/mol. The van der Waals surface area contributed by atoms with Gasteiger partial charge in [-0.15, -0.1) is 13.2 Å². The Morgan fingerprint density at radius 3 is 2.38 bits per heavy atom. The molecule has 4 nitrogen and oxygen atoms in total. The summed E-state index contributed by atoms with van der Waals surface area (Å²) in [6, 6.07) is 6.91. The van der Waals surface area contributed by atoms with Gasteiger partial charge in [-0.05, 0) is 30.7 Å². The summed E-state index contributed by atoms with van der Waals surface area (Å²) in [7, 11) is 1.67. The van der Waals surface area contributed by atoms with Crippen LogP contribution in [0.15, 0.2) is 30.3 Å². The van der Waals surface area contributed by atoms with Crippen molar-refractivity contribution >= 4 is 5.78 Å². The largest absolute Gasteiger partial charge is 0.573 e. The Labute approximate surface area is 119 Å². The Morgan fingerprint density at radius 2 is 1.90 bits per heavy atom. The van der Waals surface area contributed by atoms with E-state index in [-0.39, 0.29) is 18.0 Å². The molecule has 7 heteroatoms. The van der Waals surface area contributed by atoms with Crippen molar-refractivity contribution in [3.8, 4) is 5.75 Å². The third-order valence-corrected chi connectivity index (χ3v) is 2.81. The van der Waals surface area contributed by atoms with Crippen molar-refractivity contribution in [2.45, 2.75) is 19.7 Å². The molecule has 0 N–H and O–H groups in total. The maximum absolute atomic E-state index is 12.1. The Kier molecular flexibility index (Phi) is 4.02. The molecule has 0 aliphatic carbocycles. The molecular weight excluding hydrogens is 285 g/mol. The van der Waals surface area contributed by atoms with E-state index in [9.17, 15) is 18.0 Å². The monoisotopic (exact) mass is 298 g/mol. The van der Waals surface area contributed by atoms with Crippen LogP contribution in [-0.4, -0.2) is 21.9 Å². The molecule has 2 rings (SSSR count). The second-order valence-electron chi connectivity index (χ2n) is 4.59. The van der Waals surface area contributed by atoms with Crippen molar-refractivity contribution in [3.05, 3.63) is 47.3 Å². The van der Waals surface area contributed by atoms with Crippen LogP contribution in [0.1, 0.15) is 21.7 Å². The molecule has 21 heavy (non-hydrogen) atoms. The normalized spacial score (nSPS) is 11.5. The zero-order valence-electron chi connectivity index (χ0n) is 11.4. The van der Waals surface area contributed by atoms with E-state index in [1.54, 1.807) is 20.0 Å². The number of nitrogens with zero attached hydrogens (tertiary/aromatic N) is 2. The van der Waals surface area contributed by atoms with E-state index < -0.39 is 6.36 Å². The first-order chi connectivity index (χ1) is 9.74. The van der Waals surface area contributed by atoms with Gasteiger partial charge in [0.1, 0.15) is 11.4 Å². The van der Waals surface area contributed by atoms with Crippen LogP contribution in [0.2, 0.25) is 0 Å². The van der Waals surface area contributed by atoms with Crippen LogP contribution >= 0.6 is 0 Å². The van der Waals surface area contributed by atoms with Gasteiger partial charge >= 0.3 is 6.36 Å². The molecule has 0 saturated carbocycles. The lowest BCUT2D eigenvalue weighted by Crippen LogP contribution is -2.17. The van der Waals surface area contributed by atoms with Gasteiger partial charge in [0.2, 0.25) is 0 Å². The lowest BCUT2D eigenvalue weighted by atomic mass is 10.1. The topological polar surface area (TPSA) is 44.1 Å². The highest BCUT2D eigenvalue weighted by Gasteiger charge is 2.30. The highest BCUT2D eigenvalue weighted by atomic mass is 19.4. The van der Waals surface area contributed by atoms with Crippen LogP contribution in [0.25, 0.3) is 0 Å². The number of hydrogen-bond acceptors (Lipinski definition) is 3. The van der Waals surface area contributed by atoms with Gasteiger partial charge in [-0.25, -0.2) is 0 Å². The number of benzene rings is 1. The third kappa shape index (κ3) is 4.08. The molecule has 0 unspecified atom stereocenters. The van der Waals surface area contributed by atoms with Gasteiger partial charge in [0, 0.05) is 13.5 Å². The van der Waals surface area contributed by atoms with Crippen molar-refractivity contribution in [2.24, 2.45) is 7.05 Å². The van der Waals surface area contributed by atoms with Gasteiger partial charge in [-0.1, -0.05) is 12.1 Å². The SMILES string of the molecule is Cc1cc(C(=O)Cc2ccc(OC(F)(F)F)cc2)n(C)n1. The van der Waals surface area contributed by atoms with Gasteiger partial charge in [-0.2, -0.15) is 5.10 Å². The lowest BCUT2D eigenvalue weighted by Gasteiger charge is -2.09. The highest BCUT2D eigenvalue weighted by molar-refractivity contribution is 5.96.